The lowest BCUT2D eigenvalue weighted by Crippen LogP contribution is -2.17. The number of nitrogens with one attached hydrogen (secondary N) is 2. The Morgan fingerprint density at radius 1 is 1.25 bits per heavy atom. The van der Waals surface area contributed by atoms with E-state index in [9.17, 15) is 9.59 Å². The molecule has 0 saturated carbocycles. The molecule has 0 fully saturated rings. The quantitative estimate of drug-likeness (QED) is 0.726. The molecule has 0 bridgehead atoms. The second-order valence-electron chi connectivity index (χ2n) is 5.03. The molecule has 3 rings (SSSR count). The highest BCUT2D eigenvalue weighted by molar-refractivity contribution is 7.18. The Bertz CT molecular complexity index is 865. The Labute approximate surface area is 146 Å². The number of carbonyl (C=O) groups excluding carboxylic acids is 2. The van der Waals surface area contributed by atoms with Gasteiger partial charge in [0, 0.05) is 16.7 Å². The molecule has 0 aliphatic rings. The molecule has 3 aromatic rings. The van der Waals surface area contributed by atoms with E-state index in [1.165, 1.54) is 24.5 Å². The van der Waals surface area contributed by atoms with Crippen molar-refractivity contribution in [3.05, 3.63) is 46.0 Å². The van der Waals surface area contributed by atoms with Crippen LogP contribution in [0.4, 0.5) is 5.13 Å². The van der Waals surface area contributed by atoms with Crippen LogP contribution < -0.4 is 10.6 Å². The first kappa shape index (κ1) is 16.4. The van der Waals surface area contributed by atoms with Gasteiger partial charge in [0.25, 0.3) is 5.91 Å². The third-order valence-corrected chi connectivity index (χ3v) is 5.15. The van der Waals surface area contributed by atoms with Gasteiger partial charge in [0.1, 0.15) is 0 Å². The molecule has 0 atom stereocenters. The monoisotopic (exact) mass is 361 g/mol. The number of amides is 2. The van der Waals surface area contributed by atoms with Crippen LogP contribution in [0.25, 0.3) is 10.6 Å². The minimum absolute atomic E-state index is 0.0577. The molecule has 0 aliphatic carbocycles. The maximum atomic E-state index is 12.0. The van der Waals surface area contributed by atoms with Crippen LogP contribution in [0.15, 0.2) is 34.9 Å². The van der Waals surface area contributed by atoms with Crippen molar-refractivity contribution in [3.63, 3.8) is 0 Å². The van der Waals surface area contributed by atoms with Gasteiger partial charge in [-0.15, -0.1) is 22.7 Å². The SMILES string of the molecule is CC(=O)NCc1ccc(-c2nc(NC(=O)c3ccco3)sc2C)s1. The van der Waals surface area contributed by atoms with E-state index < -0.39 is 0 Å². The number of aromatic nitrogens is 1. The van der Waals surface area contributed by atoms with Crippen molar-refractivity contribution in [1.82, 2.24) is 10.3 Å². The largest absolute Gasteiger partial charge is 0.459 e. The van der Waals surface area contributed by atoms with Crippen molar-refractivity contribution in [1.29, 1.82) is 0 Å². The highest BCUT2D eigenvalue weighted by Gasteiger charge is 2.15. The van der Waals surface area contributed by atoms with E-state index in [2.05, 4.69) is 15.6 Å². The van der Waals surface area contributed by atoms with Gasteiger partial charge in [0.05, 0.1) is 23.4 Å². The van der Waals surface area contributed by atoms with Crippen molar-refractivity contribution >= 4 is 39.6 Å². The zero-order valence-corrected chi connectivity index (χ0v) is 14.7. The summed E-state index contributed by atoms with van der Waals surface area (Å²) in [5, 5.41) is 6.05. The molecule has 0 saturated heterocycles. The highest BCUT2D eigenvalue weighted by atomic mass is 32.1. The summed E-state index contributed by atoms with van der Waals surface area (Å²) in [7, 11) is 0. The minimum atomic E-state index is -0.321. The summed E-state index contributed by atoms with van der Waals surface area (Å²) in [5.74, 6) is -0.131. The van der Waals surface area contributed by atoms with Crippen molar-refractivity contribution in [3.8, 4) is 10.6 Å². The number of hydrogen-bond donors (Lipinski definition) is 2. The van der Waals surface area contributed by atoms with Crippen molar-refractivity contribution < 1.29 is 14.0 Å². The second kappa shape index (κ2) is 6.98. The third kappa shape index (κ3) is 3.72. The van der Waals surface area contributed by atoms with Crippen LogP contribution in [0, 0.1) is 6.92 Å². The minimum Gasteiger partial charge on any atom is -0.459 e. The van der Waals surface area contributed by atoms with Crippen LogP contribution in [-0.4, -0.2) is 16.8 Å². The van der Waals surface area contributed by atoms with Crippen LogP contribution in [0.2, 0.25) is 0 Å². The predicted octanol–water partition coefficient (Wildman–Crippen LogP) is 3.66. The Morgan fingerprint density at radius 2 is 2.08 bits per heavy atom. The standard InChI is InChI=1S/C16H15N3O3S2/c1-9-14(13-6-5-11(24-13)8-17-10(2)20)18-16(23-9)19-15(21)12-4-3-7-22-12/h3-7H,8H2,1-2H3,(H,17,20)(H,18,19,21). The number of nitrogens with zero attached hydrogens (tertiary/aromatic N) is 1. The van der Waals surface area contributed by atoms with Gasteiger partial charge >= 0.3 is 0 Å². The first-order chi connectivity index (χ1) is 11.5. The lowest BCUT2D eigenvalue weighted by atomic mass is 10.3. The van der Waals surface area contributed by atoms with Crippen LogP contribution in [-0.2, 0) is 11.3 Å². The zero-order valence-electron chi connectivity index (χ0n) is 13.1. The molecule has 3 heterocycles. The fraction of sp³-hybridized carbons (Fsp3) is 0.188. The molecule has 0 aliphatic heterocycles. The summed E-state index contributed by atoms with van der Waals surface area (Å²) in [6.07, 6.45) is 1.45. The topological polar surface area (TPSA) is 84.2 Å². The van der Waals surface area contributed by atoms with Crippen LogP contribution in [0.5, 0.6) is 0 Å². The molecule has 124 valence electrons. The van der Waals surface area contributed by atoms with Crippen LogP contribution in [0.1, 0.15) is 27.2 Å². The molecule has 0 spiro atoms. The fourth-order valence-electron chi connectivity index (χ4n) is 2.06. The molecular formula is C16H15N3O3S2. The Hall–Kier alpha value is -2.45. The average molecular weight is 361 g/mol. The smallest absolute Gasteiger partial charge is 0.293 e. The number of thiophene rings is 1. The molecule has 0 unspecified atom stereocenters. The van der Waals surface area contributed by atoms with Gasteiger partial charge in [-0.05, 0) is 31.2 Å². The summed E-state index contributed by atoms with van der Waals surface area (Å²) in [4.78, 5) is 30.6. The van der Waals surface area contributed by atoms with Crippen molar-refractivity contribution in [2.75, 3.05) is 5.32 Å². The van der Waals surface area contributed by atoms with E-state index in [1.54, 1.807) is 23.5 Å². The highest BCUT2D eigenvalue weighted by Crippen LogP contribution is 2.34. The van der Waals surface area contributed by atoms with Crippen molar-refractivity contribution in [2.24, 2.45) is 0 Å². The number of thiazole rings is 1. The van der Waals surface area contributed by atoms with Gasteiger partial charge in [-0.1, -0.05) is 0 Å². The first-order valence-electron chi connectivity index (χ1n) is 7.18. The normalized spacial score (nSPS) is 10.6. The Kier molecular flexibility index (Phi) is 4.77. The van der Waals surface area contributed by atoms with Gasteiger partial charge in [-0.2, -0.15) is 0 Å². The summed E-state index contributed by atoms with van der Waals surface area (Å²) < 4.78 is 5.07. The van der Waals surface area contributed by atoms with E-state index >= 15 is 0 Å². The Balaban J connectivity index is 1.74. The first-order valence-corrected chi connectivity index (χ1v) is 8.82. The molecular weight excluding hydrogens is 346 g/mol. The molecule has 3 aromatic heterocycles. The third-order valence-electron chi connectivity index (χ3n) is 3.17. The summed E-state index contributed by atoms with van der Waals surface area (Å²) in [5.41, 5.74) is 0.841. The lowest BCUT2D eigenvalue weighted by molar-refractivity contribution is -0.119. The predicted molar refractivity (Wildman–Crippen MR) is 94.3 cm³/mol. The van der Waals surface area contributed by atoms with Gasteiger partial charge in [-0.3, -0.25) is 14.9 Å². The number of aryl methyl sites for hydroxylation is 1. The fourth-order valence-corrected chi connectivity index (χ4v) is 3.94. The van der Waals surface area contributed by atoms with E-state index in [0.717, 1.165) is 20.3 Å². The van der Waals surface area contributed by atoms with Gasteiger partial charge in [0.15, 0.2) is 10.9 Å². The lowest BCUT2D eigenvalue weighted by Gasteiger charge is -1.98. The molecule has 2 N–H and O–H groups in total. The maximum Gasteiger partial charge on any atom is 0.293 e. The molecule has 24 heavy (non-hydrogen) atoms. The number of rotatable bonds is 5. The number of furan rings is 1. The number of anilines is 1. The van der Waals surface area contributed by atoms with Gasteiger partial charge < -0.3 is 9.73 Å². The van der Waals surface area contributed by atoms with Gasteiger partial charge in [0.2, 0.25) is 5.91 Å². The van der Waals surface area contributed by atoms with E-state index in [0.29, 0.717) is 11.7 Å². The maximum absolute atomic E-state index is 12.0. The van der Waals surface area contributed by atoms with E-state index in [-0.39, 0.29) is 17.6 Å². The summed E-state index contributed by atoms with van der Waals surface area (Å²) in [6, 6.07) is 7.21. The van der Waals surface area contributed by atoms with Crippen molar-refractivity contribution in [2.45, 2.75) is 20.4 Å². The number of hydrogen-bond acceptors (Lipinski definition) is 6. The molecule has 6 nitrogen and oxygen atoms in total. The number of carbonyl (C=O) groups is 2. The summed E-state index contributed by atoms with van der Waals surface area (Å²) >= 11 is 2.98. The molecule has 2 amide bonds. The van der Waals surface area contributed by atoms with Gasteiger partial charge in [-0.25, -0.2) is 4.98 Å². The molecule has 0 aromatic carbocycles. The molecule has 0 radical (unpaired) electrons. The van der Waals surface area contributed by atoms with Crippen LogP contribution in [0.3, 0.4) is 0 Å². The molecule has 8 heteroatoms. The second-order valence-corrected chi connectivity index (χ2v) is 7.40. The summed E-state index contributed by atoms with van der Waals surface area (Å²) in [6.45, 7) is 3.96. The van der Waals surface area contributed by atoms with E-state index in [1.807, 2.05) is 19.1 Å². The van der Waals surface area contributed by atoms with Crippen LogP contribution >= 0.6 is 22.7 Å². The average Bonchev–Trinajstić information content (AvgIpc) is 3.25. The van der Waals surface area contributed by atoms with E-state index in [4.69, 9.17) is 4.42 Å². The Morgan fingerprint density at radius 3 is 2.79 bits per heavy atom. The zero-order chi connectivity index (χ0) is 17.1.